The fraction of sp³-hybridized carbons (Fsp3) is 0.960. The minimum Gasteiger partial charge on any atom is -0.369 e. The lowest BCUT2D eigenvalue weighted by Crippen LogP contribution is -2.41. The molecule has 3 atom stereocenters. The molecule has 0 aromatic heterocycles. The molecule has 3 nitrogen and oxygen atoms in total. The third kappa shape index (κ3) is 5.97. The maximum absolute atomic E-state index is 11.8. The standard InChI is InChI=1S/C25H45NO2/c1-23(21-19-22(27)26-20-21)13-10-11-17-25(3,18-12-14-23)28-24(2)15-8-6-4-5-7-9-16-24/h21H,4-20H2,1-3H3,(H,26,27). The second kappa shape index (κ2) is 9.49. The van der Waals surface area contributed by atoms with Crippen molar-refractivity contribution in [3.8, 4) is 0 Å². The van der Waals surface area contributed by atoms with Crippen LogP contribution in [-0.2, 0) is 9.53 Å². The van der Waals surface area contributed by atoms with Crippen LogP contribution in [0.1, 0.15) is 124 Å². The molecule has 1 saturated heterocycles. The quantitative estimate of drug-likeness (QED) is 0.593. The van der Waals surface area contributed by atoms with Crippen molar-refractivity contribution in [1.29, 1.82) is 0 Å². The monoisotopic (exact) mass is 391 g/mol. The van der Waals surface area contributed by atoms with E-state index in [1.165, 1.54) is 96.3 Å². The Hall–Kier alpha value is -0.570. The second-order valence-corrected chi connectivity index (χ2v) is 11.0. The number of ether oxygens (including phenoxy) is 1. The van der Waals surface area contributed by atoms with Gasteiger partial charge in [-0.25, -0.2) is 0 Å². The molecule has 0 bridgehead atoms. The summed E-state index contributed by atoms with van der Waals surface area (Å²) < 4.78 is 7.03. The van der Waals surface area contributed by atoms with Crippen LogP contribution >= 0.6 is 0 Å². The third-order valence-electron chi connectivity index (χ3n) is 8.27. The normalized spacial score (nSPS) is 38.2. The Bertz CT molecular complexity index is 509. The summed E-state index contributed by atoms with van der Waals surface area (Å²) in [6.45, 7) is 8.13. The summed E-state index contributed by atoms with van der Waals surface area (Å²) in [5.74, 6) is 0.782. The molecule has 1 N–H and O–H groups in total. The van der Waals surface area contributed by atoms with Crippen molar-refractivity contribution >= 4 is 5.91 Å². The summed E-state index contributed by atoms with van der Waals surface area (Å²) in [5, 5.41) is 3.07. The first kappa shape index (κ1) is 22.1. The molecule has 1 aliphatic heterocycles. The van der Waals surface area contributed by atoms with E-state index in [1.54, 1.807) is 0 Å². The van der Waals surface area contributed by atoms with E-state index in [4.69, 9.17) is 4.74 Å². The minimum absolute atomic E-state index is 0.0256. The van der Waals surface area contributed by atoms with E-state index >= 15 is 0 Å². The third-order valence-corrected chi connectivity index (χ3v) is 8.27. The Kier molecular flexibility index (Phi) is 7.50. The van der Waals surface area contributed by atoms with E-state index in [-0.39, 0.29) is 17.1 Å². The van der Waals surface area contributed by atoms with Crippen molar-refractivity contribution in [3.63, 3.8) is 0 Å². The minimum atomic E-state index is 0.0256. The zero-order valence-corrected chi connectivity index (χ0v) is 18.9. The van der Waals surface area contributed by atoms with Crippen molar-refractivity contribution in [2.75, 3.05) is 6.54 Å². The fourth-order valence-corrected chi connectivity index (χ4v) is 6.28. The zero-order chi connectivity index (χ0) is 20.1. The average molecular weight is 392 g/mol. The Balaban J connectivity index is 1.61. The van der Waals surface area contributed by atoms with Crippen LogP contribution in [-0.4, -0.2) is 23.7 Å². The molecule has 28 heavy (non-hydrogen) atoms. The maximum atomic E-state index is 11.8. The van der Waals surface area contributed by atoms with Crippen molar-refractivity contribution in [2.45, 2.75) is 135 Å². The molecule has 1 amide bonds. The van der Waals surface area contributed by atoms with Crippen molar-refractivity contribution in [3.05, 3.63) is 0 Å². The highest BCUT2D eigenvalue weighted by Crippen LogP contribution is 2.45. The molecule has 162 valence electrons. The SMILES string of the molecule is CC1(OC2(C)CCCCC(C)(C3CNC(=O)C3)CCC2)CCCCCCCC1. The van der Waals surface area contributed by atoms with Gasteiger partial charge < -0.3 is 10.1 Å². The van der Waals surface area contributed by atoms with E-state index in [1.807, 2.05) is 0 Å². The van der Waals surface area contributed by atoms with Gasteiger partial charge in [0, 0.05) is 13.0 Å². The molecule has 0 radical (unpaired) electrons. The van der Waals surface area contributed by atoms with Gasteiger partial charge in [-0.15, -0.1) is 0 Å². The fourth-order valence-electron chi connectivity index (χ4n) is 6.28. The van der Waals surface area contributed by atoms with Crippen LogP contribution in [0.4, 0.5) is 0 Å². The summed E-state index contributed by atoms with van der Waals surface area (Å²) in [7, 11) is 0. The number of rotatable bonds is 3. The smallest absolute Gasteiger partial charge is 0.220 e. The predicted molar refractivity (Wildman–Crippen MR) is 116 cm³/mol. The van der Waals surface area contributed by atoms with E-state index in [0.29, 0.717) is 11.3 Å². The Labute approximate surface area is 173 Å². The average Bonchev–Trinajstić information content (AvgIpc) is 3.12. The first-order valence-electron chi connectivity index (χ1n) is 12.3. The molecule has 3 rings (SSSR count). The van der Waals surface area contributed by atoms with Crippen LogP contribution in [0.15, 0.2) is 0 Å². The number of hydrogen-bond acceptors (Lipinski definition) is 2. The highest BCUT2D eigenvalue weighted by Gasteiger charge is 2.41. The molecule has 3 fully saturated rings. The first-order valence-corrected chi connectivity index (χ1v) is 12.3. The van der Waals surface area contributed by atoms with Gasteiger partial charge in [-0.3, -0.25) is 4.79 Å². The Morgan fingerprint density at radius 1 is 0.714 bits per heavy atom. The van der Waals surface area contributed by atoms with E-state index in [9.17, 15) is 4.79 Å². The summed E-state index contributed by atoms with van der Waals surface area (Å²) in [5.41, 5.74) is 0.405. The molecule has 3 aliphatic rings. The maximum Gasteiger partial charge on any atom is 0.220 e. The van der Waals surface area contributed by atoms with E-state index < -0.39 is 0 Å². The van der Waals surface area contributed by atoms with Gasteiger partial charge in [-0.1, -0.05) is 64.7 Å². The van der Waals surface area contributed by atoms with Gasteiger partial charge in [0.25, 0.3) is 0 Å². The topological polar surface area (TPSA) is 38.3 Å². The molecule has 1 heterocycles. The summed E-state index contributed by atoms with van der Waals surface area (Å²) >= 11 is 0. The molecule has 0 aromatic rings. The first-order chi connectivity index (χ1) is 13.3. The van der Waals surface area contributed by atoms with Gasteiger partial charge >= 0.3 is 0 Å². The van der Waals surface area contributed by atoms with Crippen molar-refractivity contribution in [1.82, 2.24) is 5.32 Å². The van der Waals surface area contributed by atoms with Crippen molar-refractivity contribution < 1.29 is 9.53 Å². The molecule has 2 aliphatic carbocycles. The lowest BCUT2D eigenvalue weighted by Gasteiger charge is -2.41. The van der Waals surface area contributed by atoms with Crippen LogP contribution in [0, 0.1) is 11.3 Å². The van der Waals surface area contributed by atoms with Crippen LogP contribution in [0.2, 0.25) is 0 Å². The molecule has 3 heteroatoms. The molecule has 3 unspecified atom stereocenters. The summed E-state index contributed by atoms with van der Waals surface area (Å²) in [6.07, 6.45) is 20.1. The number of carbonyl (C=O) groups excluding carboxylic acids is 1. The van der Waals surface area contributed by atoms with Crippen LogP contribution in [0.25, 0.3) is 0 Å². The van der Waals surface area contributed by atoms with Crippen LogP contribution < -0.4 is 5.32 Å². The van der Waals surface area contributed by atoms with Crippen molar-refractivity contribution in [2.24, 2.45) is 11.3 Å². The molecule has 0 spiro atoms. The number of carbonyl (C=O) groups is 1. The van der Waals surface area contributed by atoms with Gasteiger partial charge in [0.15, 0.2) is 0 Å². The van der Waals surface area contributed by atoms with Gasteiger partial charge in [-0.2, -0.15) is 0 Å². The summed E-state index contributed by atoms with van der Waals surface area (Å²) in [4.78, 5) is 11.8. The highest BCUT2D eigenvalue weighted by atomic mass is 16.5. The Morgan fingerprint density at radius 3 is 1.75 bits per heavy atom. The Morgan fingerprint density at radius 2 is 1.18 bits per heavy atom. The van der Waals surface area contributed by atoms with Gasteiger partial charge in [0.1, 0.15) is 0 Å². The van der Waals surface area contributed by atoms with E-state index in [0.717, 1.165) is 13.0 Å². The largest absolute Gasteiger partial charge is 0.369 e. The van der Waals surface area contributed by atoms with Gasteiger partial charge in [0.05, 0.1) is 11.2 Å². The second-order valence-electron chi connectivity index (χ2n) is 11.0. The molecule has 0 aromatic carbocycles. The number of nitrogens with one attached hydrogen (secondary N) is 1. The molecular weight excluding hydrogens is 346 g/mol. The lowest BCUT2D eigenvalue weighted by atomic mass is 9.70. The summed E-state index contributed by atoms with van der Waals surface area (Å²) in [6, 6.07) is 0. The lowest BCUT2D eigenvalue weighted by molar-refractivity contribution is -0.156. The zero-order valence-electron chi connectivity index (χ0n) is 18.9. The predicted octanol–water partition coefficient (Wildman–Crippen LogP) is 6.54. The van der Waals surface area contributed by atoms with Gasteiger partial charge in [-0.05, 0) is 63.7 Å². The van der Waals surface area contributed by atoms with Crippen LogP contribution in [0.5, 0.6) is 0 Å². The molecule has 2 saturated carbocycles. The van der Waals surface area contributed by atoms with E-state index in [2.05, 4.69) is 26.1 Å². The number of amides is 1. The highest BCUT2D eigenvalue weighted by molar-refractivity contribution is 5.78. The molecular formula is C25H45NO2. The van der Waals surface area contributed by atoms with Crippen LogP contribution in [0.3, 0.4) is 0 Å². The van der Waals surface area contributed by atoms with Gasteiger partial charge in [0.2, 0.25) is 5.91 Å². The number of hydrogen-bond donors (Lipinski definition) is 1.